The average Bonchev–Trinajstić information content (AvgIpc) is 2.07. The van der Waals surface area contributed by atoms with Crippen molar-refractivity contribution in [2.24, 2.45) is 0 Å². The molecular weight excluding hydrogens is 230 g/mol. The van der Waals surface area contributed by atoms with Crippen LogP contribution in [0, 0.1) is 0 Å². The molecule has 1 fully saturated rings. The number of amides is 2. The Labute approximate surface area is 109 Å². The van der Waals surface area contributed by atoms with Gasteiger partial charge in [0.15, 0.2) is 0 Å². The van der Waals surface area contributed by atoms with Gasteiger partial charge in [0, 0.05) is 24.9 Å². The summed E-state index contributed by atoms with van der Waals surface area (Å²) in [4.78, 5) is 22.7. The Kier molecular flexibility index (Phi) is 4.05. The first-order valence-electron chi connectivity index (χ1n) is 6.37. The summed E-state index contributed by atoms with van der Waals surface area (Å²) in [6.45, 7) is 11.3. The molecule has 104 valence electrons. The van der Waals surface area contributed by atoms with Crippen LogP contribution in [0.15, 0.2) is 0 Å². The van der Waals surface area contributed by atoms with Gasteiger partial charge in [0.25, 0.3) is 0 Å². The molecular formula is C13H25N3O2. The van der Waals surface area contributed by atoms with Crippen LogP contribution in [0.3, 0.4) is 0 Å². The third-order valence-corrected chi connectivity index (χ3v) is 3.32. The summed E-state index contributed by atoms with van der Waals surface area (Å²) < 4.78 is 0. The second kappa shape index (κ2) is 4.88. The van der Waals surface area contributed by atoms with Crippen molar-refractivity contribution in [1.82, 2.24) is 16.0 Å². The van der Waals surface area contributed by atoms with Crippen molar-refractivity contribution in [3.8, 4) is 0 Å². The lowest BCUT2D eigenvalue weighted by Gasteiger charge is -2.52. The Morgan fingerprint density at radius 1 is 1.06 bits per heavy atom. The predicted octanol–water partition coefficient (Wildman–Crippen LogP) is 0.546. The number of nitrogens with one attached hydrogen (secondary N) is 3. The maximum absolute atomic E-state index is 11.3. The molecule has 18 heavy (non-hydrogen) atoms. The molecule has 0 saturated carbocycles. The largest absolute Gasteiger partial charge is 0.351 e. The molecule has 1 aliphatic rings. The number of rotatable bonds is 2. The topological polar surface area (TPSA) is 70.2 Å². The lowest BCUT2D eigenvalue weighted by molar-refractivity contribution is -0.124. The number of hydrogen-bond acceptors (Lipinski definition) is 3. The average molecular weight is 255 g/mol. The van der Waals surface area contributed by atoms with E-state index in [1.807, 2.05) is 13.8 Å². The molecule has 0 aromatic rings. The van der Waals surface area contributed by atoms with E-state index in [4.69, 9.17) is 0 Å². The fraction of sp³-hybridized carbons (Fsp3) is 0.846. The van der Waals surface area contributed by atoms with E-state index < -0.39 is 0 Å². The number of carbonyl (C=O) groups excluding carboxylic acids is 2. The minimum atomic E-state index is -0.277. The zero-order chi connectivity index (χ0) is 14.1. The molecule has 1 rings (SSSR count). The SMILES string of the molecule is CC(=O)NC1CC(C)(C)NC(C)(C)C1NC(C)=O. The van der Waals surface area contributed by atoms with Gasteiger partial charge in [-0.05, 0) is 34.1 Å². The smallest absolute Gasteiger partial charge is 0.217 e. The minimum Gasteiger partial charge on any atom is -0.351 e. The summed E-state index contributed by atoms with van der Waals surface area (Å²) in [6, 6.07) is -0.176. The lowest BCUT2D eigenvalue weighted by Crippen LogP contribution is -2.74. The zero-order valence-electron chi connectivity index (χ0n) is 12.2. The molecule has 2 atom stereocenters. The molecule has 5 heteroatoms. The molecule has 1 heterocycles. The van der Waals surface area contributed by atoms with Gasteiger partial charge in [-0.3, -0.25) is 9.59 Å². The standard InChI is InChI=1S/C13H25N3O2/c1-8(17)14-10-7-12(3,4)16-13(5,6)11(10)15-9(2)18/h10-11,16H,7H2,1-6H3,(H,14,17)(H,15,18). The van der Waals surface area contributed by atoms with E-state index in [0.717, 1.165) is 6.42 Å². The summed E-state index contributed by atoms with van der Waals surface area (Å²) in [5, 5.41) is 9.43. The highest BCUT2D eigenvalue weighted by atomic mass is 16.2. The van der Waals surface area contributed by atoms with E-state index in [1.54, 1.807) is 0 Å². The zero-order valence-corrected chi connectivity index (χ0v) is 12.2. The summed E-state index contributed by atoms with van der Waals surface area (Å²) in [5.74, 6) is -0.145. The van der Waals surface area contributed by atoms with Gasteiger partial charge in [0.05, 0.1) is 12.1 Å². The van der Waals surface area contributed by atoms with Crippen molar-refractivity contribution in [2.45, 2.75) is 71.1 Å². The molecule has 0 bridgehead atoms. The molecule has 0 aliphatic carbocycles. The van der Waals surface area contributed by atoms with E-state index >= 15 is 0 Å². The van der Waals surface area contributed by atoms with Crippen LogP contribution in [0.25, 0.3) is 0 Å². The quantitative estimate of drug-likeness (QED) is 0.675. The highest BCUT2D eigenvalue weighted by molar-refractivity contribution is 5.75. The number of piperidine rings is 1. The van der Waals surface area contributed by atoms with E-state index in [-0.39, 0.29) is 35.0 Å². The van der Waals surface area contributed by atoms with Gasteiger partial charge in [-0.25, -0.2) is 0 Å². The van der Waals surface area contributed by atoms with Gasteiger partial charge >= 0.3 is 0 Å². The fourth-order valence-corrected chi connectivity index (χ4v) is 3.07. The van der Waals surface area contributed by atoms with Crippen molar-refractivity contribution in [3.05, 3.63) is 0 Å². The molecule has 0 spiro atoms. The van der Waals surface area contributed by atoms with Crippen LogP contribution >= 0.6 is 0 Å². The molecule has 2 amide bonds. The number of hydrogen-bond donors (Lipinski definition) is 3. The summed E-state index contributed by atoms with van der Waals surface area (Å²) >= 11 is 0. The van der Waals surface area contributed by atoms with Crippen molar-refractivity contribution in [1.29, 1.82) is 0 Å². The Hall–Kier alpha value is -1.10. The Morgan fingerprint density at radius 2 is 1.56 bits per heavy atom. The van der Waals surface area contributed by atoms with Crippen LogP contribution < -0.4 is 16.0 Å². The molecule has 2 unspecified atom stereocenters. The third kappa shape index (κ3) is 3.70. The predicted molar refractivity (Wildman–Crippen MR) is 71.1 cm³/mol. The first kappa shape index (κ1) is 15.0. The van der Waals surface area contributed by atoms with Gasteiger partial charge in [-0.15, -0.1) is 0 Å². The monoisotopic (exact) mass is 255 g/mol. The van der Waals surface area contributed by atoms with Gasteiger partial charge in [-0.2, -0.15) is 0 Å². The van der Waals surface area contributed by atoms with E-state index in [9.17, 15) is 9.59 Å². The van der Waals surface area contributed by atoms with Crippen molar-refractivity contribution in [3.63, 3.8) is 0 Å². The van der Waals surface area contributed by atoms with Crippen LogP contribution in [0.2, 0.25) is 0 Å². The van der Waals surface area contributed by atoms with Crippen molar-refractivity contribution < 1.29 is 9.59 Å². The Balaban J connectivity index is 2.98. The second-order valence-electron chi connectivity index (χ2n) is 6.42. The normalized spacial score (nSPS) is 29.4. The highest BCUT2D eigenvalue weighted by Crippen LogP contribution is 2.29. The van der Waals surface area contributed by atoms with Gasteiger partial charge in [-0.1, -0.05) is 0 Å². The molecule has 5 nitrogen and oxygen atoms in total. The van der Waals surface area contributed by atoms with Gasteiger partial charge in [0.2, 0.25) is 11.8 Å². The minimum absolute atomic E-state index is 0.0577. The van der Waals surface area contributed by atoms with Crippen LogP contribution in [-0.2, 0) is 9.59 Å². The van der Waals surface area contributed by atoms with Crippen molar-refractivity contribution in [2.75, 3.05) is 0 Å². The molecule has 0 aromatic heterocycles. The van der Waals surface area contributed by atoms with E-state index in [2.05, 4.69) is 29.8 Å². The highest BCUT2D eigenvalue weighted by Gasteiger charge is 2.46. The van der Waals surface area contributed by atoms with E-state index in [1.165, 1.54) is 13.8 Å². The Morgan fingerprint density at radius 3 is 2.00 bits per heavy atom. The fourth-order valence-electron chi connectivity index (χ4n) is 3.07. The first-order chi connectivity index (χ1) is 8.03. The second-order valence-corrected chi connectivity index (χ2v) is 6.42. The van der Waals surface area contributed by atoms with Gasteiger partial charge < -0.3 is 16.0 Å². The first-order valence-corrected chi connectivity index (χ1v) is 6.37. The van der Waals surface area contributed by atoms with Gasteiger partial charge in [0.1, 0.15) is 0 Å². The van der Waals surface area contributed by atoms with Crippen LogP contribution in [-0.4, -0.2) is 35.0 Å². The van der Waals surface area contributed by atoms with Crippen LogP contribution in [0.4, 0.5) is 0 Å². The van der Waals surface area contributed by atoms with Crippen LogP contribution in [0.5, 0.6) is 0 Å². The summed E-state index contributed by atoms with van der Waals surface area (Å²) in [6.07, 6.45) is 0.779. The van der Waals surface area contributed by atoms with E-state index in [0.29, 0.717) is 0 Å². The summed E-state index contributed by atoms with van der Waals surface area (Å²) in [7, 11) is 0. The molecule has 0 radical (unpaired) electrons. The molecule has 1 aliphatic heterocycles. The molecule has 0 aromatic carbocycles. The maximum Gasteiger partial charge on any atom is 0.217 e. The Bertz CT molecular complexity index is 350. The maximum atomic E-state index is 11.3. The van der Waals surface area contributed by atoms with Crippen LogP contribution in [0.1, 0.15) is 48.0 Å². The third-order valence-electron chi connectivity index (χ3n) is 3.32. The molecule has 3 N–H and O–H groups in total. The lowest BCUT2D eigenvalue weighted by atomic mass is 9.75. The number of carbonyl (C=O) groups is 2. The molecule has 1 saturated heterocycles. The summed E-state index contributed by atoms with van der Waals surface area (Å²) in [5.41, 5.74) is -0.355. The van der Waals surface area contributed by atoms with Crippen molar-refractivity contribution >= 4 is 11.8 Å².